The highest BCUT2D eigenvalue weighted by Gasteiger charge is 2.20. The number of benzene rings is 1. The van der Waals surface area contributed by atoms with Gasteiger partial charge in [-0.1, -0.05) is 6.07 Å². The molecule has 4 nitrogen and oxygen atoms in total. The van der Waals surface area contributed by atoms with E-state index in [1.165, 1.54) is 5.69 Å². The molecule has 0 spiro atoms. The Hall–Kier alpha value is -1.73. The van der Waals surface area contributed by atoms with E-state index >= 15 is 0 Å². The van der Waals surface area contributed by atoms with E-state index in [0.717, 1.165) is 31.9 Å². The van der Waals surface area contributed by atoms with Gasteiger partial charge in [-0.15, -0.1) is 0 Å². The molecule has 1 fully saturated rings. The van der Waals surface area contributed by atoms with E-state index < -0.39 is 0 Å². The molecule has 0 saturated carbocycles. The Balaban J connectivity index is 1.98. The van der Waals surface area contributed by atoms with Crippen LogP contribution in [0.2, 0.25) is 0 Å². The fourth-order valence-electron chi connectivity index (χ4n) is 2.17. The molecule has 1 aromatic carbocycles. The molecule has 0 bridgehead atoms. The number of hydrogen-bond acceptors (Lipinski definition) is 4. The van der Waals surface area contributed by atoms with E-state index in [0.29, 0.717) is 0 Å². The Bertz CT molecular complexity index is 416. The van der Waals surface area contributed by atoms with Crippen LogP contribution in [0.25, 0.3) is 0 Å². The molecule has 1 aromatic rings. The third-order valence-electron chi connectivity index (χ3n) is 3.28. The van der Waals surface area contributed by atoms with Crippen LogP contribution in [-0.2, 0) is 0 Å². The third kappa shape index (κ3) is 2.69. The van der Waals surface area contributed by atoms with Crippen molar-refractivity contribution in [3.8, 4) is 6.07 Å². The highest BCUT2D eigenvalue weighted by atomic mass is 15.3. The summed E-state index contributed by atoms with van der Waals surface area (Å²) in [6.45, 7) is 5.73. The number of nitrogen functional groups attached to an aromatic ring is 1. The molecule has 1 saturated heterocycles. The Morgan fingerprint density at radius 2 is 2.00 bits per heavy atom. The van der Waals surface area contributed by atoms with E-state index in [-0.39, 0.29) is 6.04 Å². The first-order valence-electron chi connectivity index (χ1n) is 5.95. The van der Waals surface area contributed by atoms with Gasteiger partial charge in [-0.2, -0.15) is 5.26 Å². The van der Waals surface area contributed by atoms with Gasteiger partial charge in [-0.05, 0) is 25.1 Å². The average molecular weight is 230 g/mol. The summed E-state index contributed by atoms with van der Waals surface area (Å²) in [4.78, 5) is 4.53. The predicted molar refractivity (Wildman–Crippen MR) is 69.7 cm³/mol. The van der Waals surface area contributed by atoms with Gasteiger partial charge in [0.1, 0.15) is 0 Å². The fourth-order valence-corrected chi connectivity index (χ4v) is 2.17. The third-order valence-corrected chi connectivity index (χ3v) is 3.28. The second-order valence-electron chi connectivity index (χ2n) is 4.42. The predicted octanol–water partition coefficient (Wildman–Crippen LogP) is 1.30. The van der Waals surface area contributed by atoms with Gasteiger partial charge >= 0.3 is 0 Å². The van der Waals surface area contributed by atoms with Crippen molar-refractivity contribution < 1.29 is 0 Å². The molecule has 1 aliphatic heterocycles. The van der Waals surface area contributed by atoms with Crippen LogP contribution in [0.5, 0.6) is 0 Å². The van der Waals surface area contributed by atoms with E-state index in [1.54, 1.807) is 0 Å². The molecule has 1 aliphatic rings. The van der Waals surface area contributed by atoms with Crippen LogP contribution >= 0.6 is 0 Å². The van der Waals surface area contributed by atoms with E-state index in [2.05, 4.69) is 21.9 Å². The number of piperazine rings is 1. The first-order valence-corrected chi connectivity index (χ1v) is 5.95. The number of anilines is 2. The number of hydrogen-bond donors (Lipinski definition) is 1. The van der Waals surface area contributed by atoms with Gasteiger partial charge in [-0.3, -0.25) is 4.90 Å². The van der Waals surface area contributed by atoms with Crippen LogP contribution in [0.3, 0.4) is 0 Å². The van der Waals surface area contributed by atoms with Crippen molar-refractivity contribution in [2.45, 2.75) is 13.0 Å². The second kappa shape index (κ2) is 5.07. The van der Waals surface area contributed by atoms with Gasteiger partial charge in [0.15, 0.2) is 0 Å². The monoisotopic (exact) mass is 230 g/mol. The molecule has 0 amide bonds. The van der Waals surface area contributed by atoms with Crippen molar-refractivity contribution in [2.75, 3.05) is 36.8 Å². The quantitative estimate of drug-likeness (QED) is 0.778. The number of rotatable bonds is 2. The average Bonchev–Trinajstić information content (AvgIpc) is 2.38. The maximum Gasteiger partial charge on any atom is 0.0950 e. The summed E-state index contributed by atoms with van der Waals surface area (Å²) in [6.07, 6.45) is 0. The summed E-state index contributed by atoms with van der Waals surface area (Å²) < 4.78 is 0. The lowest BCUT2D eigenvalue weighted by atomic mass is 10.2. The summed E-state index contributed by atoms with van der Waals surface area (Å²) >= 11 is 0. The highest BCUT2D eigenvalue weighted by Crippen LogP contribution is 2.19. The minimum absolute atomic E-state index is 0.0120. The van der Waals surface area contributed by atoms with Crippen LogP contribution in [-0.4, -0.2) is 37.1 Å². The van der Waals surface area contributed by atoms with Crippen LogP contribution in [0, 0.1) is 11.3 Å². The van der Waals surface area contributed by atoms with Crippen LogP contribution < -0.4 is 10.6 Å². The van der Waals surface area contributed by atoms with Gasteiger partial charge in [0, 0.05) is 37.6 Å². The van der Waals surface area contributed by atoms with Gasteiger partial charge < -0.3 is 10.6 Å². The molecule has 90 valence electrons. The maximum absolute atomic E-state index is 8.88. The molecule has 17 heavy (non-hydrogen) atoms. The molecule has 0 aliphatic carbocycles. The molecule has 1 heterocycles. The largest absolute Gasteiger partial charge is 0.399 e. The van der Waals surface area contributed by atoms with Crippen LogP contribution in [0.4, 0.5) is 11.4 Å². The van der Waals surface area contributed by atoms with Crippen molar-refractivity contribution in [3.63, 3.8) is 0 Å². The summed E-state index contributed by atoms with van der Waals surface area (Å²) in [7, 11) is 0. The fraction of sp³-hybridized carbons (Fsp3) is 0.462. The van der Waals surface area contributed by atoms with Gasteiger partial charge in [0.2, 0.25) is 0 Å². The minimum atomic E-state index is 0.0120. The standard InChI is InChI=1S/C13H18N4/c1-11(10-14)16-5-7-17(8-6-16)13-4-2-3-12(15)9-13/h2-4,9,11H,5-8,15H2,1H3. The van der Waals surface area contributed by atoms with E-state index in [1.807, 2.05) is 25.1 Å². The zero-order valence-electron chi connectivity index (χ0n) is 10.1. The number of nitrogens with zero attached hydrogens (tertiary/aromatic N) is 3. The van der Waals surface area contributed by atoms with Gasteiger partial charge in [0.05, 0.1) is 12.1 Å². The molecule has 4 heteroatoms. The summed E-state index contributed by atoms with van der Waals surface area (Å²) in [5, 5.41) is 8.88. The molecule has 2 rings (SSSR count). The van der Waals surface area contributed by atoms with E-state index in [4.69, 9.17) is 11.0 Å². The first-order chi connectivity index (χ1) is 8.20. The molecule has 1 unspecified atom stereocenters. The Morgan fingerprint density at radius 1 is 1.29 bits per heavy atom. The van der Waals surface area contributed by atoms with Crippen LogP contribution in [0.15, 0.2) is 24.3 Å². The lowest BCUT2D eigenvalue weighted by molar-refractivity contribution is 0.231. The van der Waals surface area contributed by atoms with Crippen molar-refractivity contribution in [2.24, 2.45) is 0 Å². The molecule has 2 N–H and O–H groups in total. The maximum atomic E-state index is 8.88. The lowest BCUT2D eigenvalue weighted by Crippen LogP contribution is -2.49. The zero-order chi connectivity index (χ0) is 12.3. The molecular formula is C13H18N4. The molecule has 0 radical (unpaired) electrons. The molecular weight excluding hydrogens is 212 g/mol. The summed E-state index contributed by atoms with van der Waals surface area (Å²) in [6, 6.07) is 10.3. The molecule has 1 atom stereocenters. The van der Waals surface area contributed by atoms with Crippen molar-refractivity contribution in [1.29, 1.82) is 5.26 Å². The van der Waals surface area contributed by atoms with Gasteiger partial charge in [-0.25, -0.2) is 0 Å². The second-order valence-corrected chi connectivity index (χ2v) is 4.42. The van der Waals surface area contributed by atoms with Gasteiger partial charge in [0.25, 0.3) is 0 Å². The highest BCUT2D eigenvalue weighted by molar-refractivity contribution is 5.56. The first kappa shape index (κ1) is 11.7. The number of nitriles is 1. The normalized spacial score (nSPS) is 18.7. The zero-order valence-corrected chi connectivity index (χ0v) is 10.1. The minimum Gasteiger partial charge on any atom is -0.399 e. The van der Waals surface area contributed by atoms with Crippen molar-refractivity contribution in [3.05, 3.63) is 24.3 Å². The Labute approximate surface area is 102 Å². The Morgan fingerprint density at radius 3 is 2.59 bits per heavy atom. The molecule has 0 aromatic heterocycles. The topological polar surface area (TPSA) is 56.3 Å². The lowest BCUT2D eigenvalue weighted by Gasteiger charge is -2.37. The Kier molecular flexibility index (Phi) is 3.50. The summed E-state index contributed by atoms with van der Waals surface area (Å²) in [5.41, 5.74) is 7.76. The van der Waals surface area contributed by atoms with Crippen molar-refractivity contribution in [1.82, 2.24) is 4.90 Å². The van der Waals surface area contributed by atoms with Crippen LogP contribution in [0.1, 0.15) is 6.92 Å². The number of nitrogens with two attached hydrogens (primary N) is 1. The SMILES string of the molecule is CC(C#N)N1CCN(c2cccc(N)c2)CC1. The summed E-state index contributed by atoms with van der Waals surface area (Å²) in [5.74, 6) is 0. The van der Waals surface area contributed by atoms with Crippen molar-refractivity contribution >= 4 is 11.4 Å². The smallest absolute Gasteiger partial charge is 0.0950 e. The van der Waals surface area contributed by atoms with E-state index in [9.17, 15) is 0 Å².